The number of pyridine rings is 1. The molecule has 2 fully saturated rings. The highest BCUT2D eigenvalue weighted by molar-refractivity contribution is 6.07. The summed E-state index contributed by atoms with van der Waals surface area (Å²) >= 11 is 0. The number of ether oxygens (including phenoxy) is 1. The van der Waals surface area contributed by atoms with Crippen LogP contribution in [0.3, 0.4) is 0 Å². The largest absolute Gasteiger partial charge is 0.435 e. The number of hydrogen-bond acceptors (Lipinski definition) is 5. The molecule has 0 bridgehead atoms. The van der Waals surface area contributed by atoms with Crippen molar-refractivity contribution in [3.8, 4) is 28.0 Å². The normalized spacial score (nSPS) is 17.4. The first-order valence-corrected chi connectivity index (χ1v) is 13.3. The Labute approximate surface area is 226 Å². The van der Waals surface area contributed by atoms with Crippen LogP contribution in [-0.4, -0.2) is 37.2 Å². The van der Waals surface area contributed by atoms with E-state index in [1.807, 2.05) is 34.9 Å². The van der Waals surface area contributed by atoms with E-state index in [9.17, 15) is 18.4 Å². The molecule has 10 heteroatoms. The van der Waals surface area contributed by atoms with Gasteiger partial charge in [0.15, 0.2) is 5.43 Å². The Bertz CT molecular complexity index is 1920. The number of nitrogens with zero attached hydrogens (tertiary/aromatic N) is 4. The number of aromatic nitrogens is 4. The molecule has 1 aliphatic heterocycles. The minimum atomic E-state index is -2.94. The third kappa shape index (κ3) is 3.70. The van der Waals surface area contributed by atoms with Crippen LogP contribution in [0.15, 0.2) is 65.7 Å². The molecule has 4 heterocycles. The van der Waals surface area contributed by atoms with Gasteiger partial charge in [-0.1, -0.05) is 18.2 Å². The lowest BCUT2D eigenvalue weighted by atomic mass is 9.98. The predicted molar refractivity (Wildman–Crippen MR) is 144 cm³/mol. The van der Waals surface area contributed by atoms with E-state index in [2.05, 4.69) is 15.2 Å². The Balaban J connectivity index is 1.31. The molecule has 2 aromatic carbocycles. The fraction of sp³-hybridized carbons (Fsp3) is 0.267. The van der Waals surface area contributed by atoms with Crippen molar-refractivity contribution in [1.29, 1.82) is 0 Å². The summed E-state index contributed by atoms with van der Waals surface area (Å²) in [5.41, 5.74) is 4.19. The molecule has 2 aliphatic carbocycles. The van der Waals surface area contributed by atoms with E-state index in [1.165, 1.54) is 12.1 Å². The Hall–Kier alpha value is -4.60. The van der Waals surface area contributed by atoms with Gasteiger partial charge in [-0.25, -0.2) is 4.98 Å². The summed E-state index contributed by atoms with van der Waals surface area (Å²) in [6, 6.07) is 13.5. The first kappa shape index (κ1) is 23.3. The standard InChI is InChI=1S/C30H23F2N5O3/c31-29(32)40-19-6-3-17(4-7-19)24-26(38)21(14-36-12-9-22(16-1-2-16)33-27(24)36)18-5-8-23-20(13-18)25-28(39)34-30(10-11-30)15-37(25)35-23/h3-9,12-14,16,29H,1-2,10-11,15H2,(H,34,39). The summed E-state index contributed by atoms with van der Waals surface area (Å²) in [6.45, 7) is -2.30. The molecule has 0 atom stereocenters. The minimum Gasteiger partial charge on any atom is -0.435 e. The third-order valence-electron chi connectivity index (χ3n) is 8.16. The highest BCUT2D eigenvalue weighted by Gasteiger charge is 2.48. The van der Waals surface area contributed by atoms with Crippen molar-refractivity contribution in [2.75, 3.05) is 0 Å². The summed E-state index contributed by atoms with van der Waals surface area (Å²) in [7, 11) is 0. The van der Waals surface area contributed by atoms with Crippen molar-refractivity contribution in [2.24, 2.45) is 0 Å². The van der Waals surface area contributed by atoms with E-state index in [-0.39, 0.29) is 22.6 Å². The summed E-state index contributed by atoms with van der Waals surface area (Å²) in [4.78, 5) is 32.0. The Morgan fingerprint density at radius 2 is 1.80 bits per heavy atom. The first-order valence-electron chi connectivity index (χ1n) is 13.3. The molecule has 3 aromatic heterocycles. The van der Waals surface area contributed by atoms with E-state index in [1.54, 1.807) is 23.0 Å². The van der Waals surface area contributed by atoms with Gasteiger partial charge in [0.05, 0.1) is 23.2 Å². The van der Waals surface area contributed by atoms with Crippen LogP contribution in [0.25, 0.3) is 38.8 Å². The number of benzene rings is 2. The minimum absolute atomic E-state index is 0.00799. The molecule has 8 nitrogen and oxygen atoms in total. The van der Waals surface area contributed by atoms with Crippen LogP contribution >= 0.6 is 0 Å². The van der Waals surface area contributed by atoms with Gasteiger partial charge in [-0.2, -0.15) is 13.9 Å². The van der Waals surface area contributed by atoms with Crippen molar-refractivity contribution in [2.45, 2.75) is 50.3 Å². The lowest BCUT2D eigenvalue weighted by Crippen LogP contribution is -2.46. The van der Waals surface area contributed by atoms with E-state index < -0.39 is 6.61 Å². The second-order valence-corrected chi connectivity index (χ2v) is 11.0. The van der Waals surface area contributed by atoms with Crippen molar-refractivity contribution in [3.63, 3.8) is 0 Å². The average Bonchev–Trinajstić information content (AvgIpc) is 3.86. The van der Waals surface area contributed by atoms with Gasteiger partial charge in [0.2, 0.25) is 0 Å². The average molecular weight is 540 g/mol. The molecule has 3 aliphatic rings. The van der Waals surface area contributed by atoms with Gasteiger partial charge in [-0.05, 0) is 67.1 Å². The van der Waals surface area contributed by atoms with Gasteiger partial charge in [0, 0.05) is 35.0 Å². The highest BCUT2D eigenvalue weighted by atomic mass is 19.3. The number of amides is 1. The number of nitrogens with one attached hydrogen (secondary N) is 1. The Morgan fingerprint density at radius 1 is 1.02 bits per heavy atom. The van der Waals surface area contributed by atoms with Crippen LogP contribution in [0.5, 0.6) is 5.75 Å². The molecule has 1 amide bonds. The maximum absolute atomic E-state index is 14.2. The quantitative estimate of drug-likeness (QED) is 0.334. The molecule has 40 heavy (non-hydrogen) atoms. The third-order valence-corrected chi connectivity index (χ3v) is 8.16. The van der Waals surface area contributed by atoms with Crippen LogP contribution in [0.1, 0.15) is 47.8 Å². The summed E-state index contributed by atoms with van der Waals surface area (Å²) in [5.74, 6) is 0.238. The SMILES string of the molecule is O=C1NC2(CC2)Cn2nc3ccc(-c4cn5ccc(C6CC6)nc5c(-c5ccc(OC(F)F)cc5)c4=O)cc3c21. The Morgan fingerprint density at radius 3 is 2.52 bits per heavy atom. The predicted octanol–water partition coefficient (Wildman–Crippen LogP) is 5.13. The topological polar surface area (TPSA) is 90.5 Å². The second-order valence-electron chi connectivity index (χ2n) is 11.0. The molecule has 8 rings (SSSR count). The van der Waals surface area contributed by atoms with Crippen LogP contribution in [0.4, 0.5) is 8.78 Å². The molecule has 0 unspecified atom stereocenters. The molecular weight excluding hydrogens is 516 g/mol. The Kier molecular flexibility index (Phi) is 4.78. The first-order chi connectivity index (χ1) is 19.4. The van der Waals surface area contributed by atoms with Crippen LogP contribution in [0, 0.1) is 0 Å². The van der Waals surface area contributed by atoms with Crippen molar-refractivity contribution in [3.05, 3.63) is 82.5 Å². The lowest BCUT2D eigenvalue weighted by Gasteiger charge is -2.24. The number of hydrogen-bond donors (Lipinski definition) is 1. The lowest BCUT2D eigenvalue weighted by molar-refractivity contribution is -0.0498. The molecule has 0 radical (unpaired) electrons. The number of carbonyl (C=O) groups excluding carboxylic acids is 1. The molecular formula is C30H23F2N5O3. The van der Waals surface area contributed by atoms with E-state index in [0.717, 1.165) is 31.4 Å². The molecule has 1 spiro atoms. The van der Waals surface area contributed by atoms with Gasteiger partial charge >= 0.3 is 6.61 Å². The van der Waals surface area contributed by atoms with E-state index in [4.69, 9.17) is 4.98 Å². The van der Waals surface area contributed by atoms with Crippen LogP contribution in [-0.2, 0) is 6.54 Å². The molecule has 200 valence electrons. The fourth-order valence-electron chi connectivity index (χ4n) is 5.76. The monoisotopic (exact) mass is 539 g/mol. The number of fused-ring (bicyclic) bond motifs is 4. The molecule has 1 N–H and O–H groups in total. The number of carbonyl (C=O) groups is 1. The smallest absolute Gasteiger partial charge is 0.387 e. The van der Waals surface area contributed by atoms with E-state index in [0.29, 0.717) is 57.0 Å². The molecule has 2 saturated carbocycles. The zero-order valence-corrected chi connectivity index (χ0v) is 21.2. The summed E-state index contributed by atoms with van der Waals surface area (Å²) in [6.07, 6.45) is 7.68. The van der Waals surface area contributed by atoms with Crippen LogP contribution < -0.4 is 15.5 Å². The zero-order chi connectivity index (χ0) is 27.2. The highest BCUT2D eigenvalue weighted by Crippen LogP contribution is 2.41. The molecule has 0 saturated heterocycles. The van der Waals surface area contributed by atoms with Gasteiger partial charge in [0.1, 0.15) is 17.1 Å². The zero-order valence-electron chi connectivity index (χ0n) is 21.2. The van der Waals surface area contributed by atoms with Crippen molar-refractivity contribution in [1.82, 2.24) is 24.5 Å². The number of halogens is 2. The van der Waals surface area contributed by atoms with Gasteiger partial charge in [0.25, 0.3) is 5.91 Å². The summed E-state index contributed by atoms with van der Waals surface area (Å²) in [5, 5.41) is 8.49. The maximum Gasteiger partial charge on any atom is 0.387 e. The fourth-order valence-corrected chi connectivity index (χ4v) is 5.76. The number of alkyl halides is 2. The van der Waals surface area contributed by atoms with Gasteiger partial charge in [-0.15, -0.1) is 0 Å². The van der Waals surface area contributed by atoms with Crippen molar-refractivity contribution < 1.29 is 18.3 Å². The number of rotatable bonds is 5. The molecule has 5 aromatic rings. The van der Waals surface area contributed by atoms with Crippen LogP contribution in [0.2, 0.25) is 0 Å². The van der Waals surface area contributed by atoms with Gasteiger partial charge < -0.3 is 14.5 Å². The van der Waals surface area contributed by atoms with Crippen molar-refractivity contribution >= 4 is 22.5 Å². The summed E-state index contributed by atoms with van der Waals surface area (Å²) < 4.78 is 33.6. The van der Waals surface area contributed by atoms with Gasteiger partial charge in [-0.3, -0.25) is 14.3 Å². The second kappa shape index (κ2) is 8.20. The van der Waals surface area contributed by atoms with E-state index >= 15 is 0 Å². The maximum atomic E-state index is 14.2.